The van der Waals surface area contributed by atoms with Gasteiger partial charge in [-0.1, -0.05) is 37.6 Å². The molecule has 0 bridgehead atoms. The van der Waals surface area contributed by atoms with Crippen molar-refractivity contribution in [2.75, 3.05) is 0 Å². The fourth-order valence-electron chi connectivity index (χ4n) is 2.11. The van der Waals surface area contributed by atoms with Crippen molar-refractivity contribution in [3.63, 3.8) is 0 Å². The maximum absolute atomic E-state index is 12.9. The lowest BCUT2D eigenvalue weighted by molar-refractivity contribution is 0.103. The number of aromatic nitrogens is 3. The van der Waals surface area contributed by atoms with E-state index in [0.29, 0.717) is 17.8 Å². The Balaban J connectivity index is 0.00000100. The van der Waals surface area contributed by atoms with E-state index in [0.717, 1.165) is 5.56 Å². The van der Waals surface area contributed by atoms with E-state index in [9.17, 15) is 9.18 Å². The third kappa shape index (κ3) is 4.26. The predicted molar refractivity (Wildman–Crippen MR) is 91.8 cm³/mol. The quantitative estimate of drug-likeness (QED) is 0.521. The molecule has 0 fully saturated rings. The summed E-state index contributed by atoms with van der Waals surface area (Å²) in [5.41, 5.74) is 1.76. The zero-order chi connectivity index (χ0) is 17.5. The van der Waals surface area contributed by atoms with Crippen molar-refractivity contribution in [2.24, 2.45) is 0 Å². The molecule has 3 rings (SSSR count). The van der Waals surface area contributed by atoms with E-state index in [1.807, 2.05) is 13.8 Å². The Morgan fingerprint density at radius 3 is 2.58 bits per heavy atom. The van der Waals surface area contributed by atoms with Crippen LogP contribution >= 0.6 is 11.6 Å². The summed E-state index contributed by atoms with van der Waals surface area (Å²) in [6.07, 6.45) is 4.55. The Morgan fingerprint density at radius 2 is 1.92 bits per heavy atom. The van der Waals surface area contributed by atoms with Crippen LogP contribution in [0, 0.1) is 5.82 Å². The SMILES string of the molecule is CC.O=C(c1ccnc(Cl)c1)c1cncn1Cc1ccc(F)cc1. The summed E-state index contributed by atoms with van der Waals surface area (Å²) in [5, 5.41) is 0.260. The van der Waals surface area contributed by atoms with Crippen LogP contribution in [-0.2, 0) is 6.54 Å². The third-order valence-electron chi connectivity index (χ3n) is 3.20. The van der Waals surface area contributed by atoms with Crippen molar-refractivity contribution in [2.45, 2.75) is 20.4 Å². The molecule has 0 unspecified atom stereocenters. The molecule has 124 valence electrons. The molecule has 6 heteroatoms. The van der Waals surface area contributed by atoms with Crippen LogP contribution in [-0.4, -0.2) is 20.3 Å². The first kappa shape index (κ1) is 17.8. The first-order chi connectivity index (χ1) is 11.6. The molecule has 0 amide bonds. The number of carbonyl (C=O) groups excluding carboxylic acids is 1. The molecule has 0 saturated heterocycles. The summed E-state index contributed by atoms with van der Waals surface area (Å²) in [4.78, 5) is 20.4. The molecule has 1 aromatic carbocycles. The largest absolute Gasteiger partial charge is 0.323 e. The summed E-state index contributed by atoms with van der Waals surface area (Å²) < 4.78 is 14.7. The minimum atomic E-state index is -0.294. The molecular formula is C18H17ClFN3O. The Hall–Kier alpha value is -2.53. The zero-order valence-electron chi connectivity index (χ0n) is 13.4. The van der Waals surface area contributed by atoms with E-state index in [4.69, 9.17) is 11.6 Å². The van der Waals surface area contributed by atoms with Crippen LogP contribution in [0.1, 0.15) is 35.5 Å². The maximum atomic E-state index is 12.9. The average Bonchev–Trinajstić information content (AvgIpc) is 3.06. The van der Waals surface area contributed by atoms with Gasteiger partial charge in [-0.2, -0.15) is 0 Å². The molecule has 0 spiro atoms. The Labute approximate surface area is 144 Å². The van der Waals surface area contributed by atoms with Gasteiger partial charge in [0.1, 0.15) is 16.7 Å². The van der Waals surface area contributed by atoms with E-state index in [-0.39, 0.29) is 16.8 Å². The number of rotatable bonds is 4. The molecule has 2 heterocycles. The van der Waals surface area contributed by atoms with Crippen LogP contribution in [0.25, 0.3) is 0 Å². The highest BCUT2D eigenvalue weighted by molar-refractivity contribution is 6.29. The number of nitrogens with zero attached hydrogens (tertiary/aromatic N) is 3. The minimum Gasteiger partial charge on any atom is -0.323 e. The summed E-state index contributed by atoms with van der Waals surface area (Å²) >= 11 is 5.81. The summed E-state index contributed by atoms with van der Waals surface area (Å²) in [6, 6.07) is 9.23. The second kappa shape index (κ2) is 8.36. The van der Waals surface area contributed by atoms with Crippen LogP contribution in [0.2, 0.25) is 5.15 Å². The van der Waals surface area contributed by atoms with Gasteiger partial charge >= 0.3 is 0 Å². The monoisotopic (exact) mass is 345 g/mol. The van der Waals surface area contributed by atoms with Crippen molar-refractivity contribution in [1.29, 1.82) is 0 Å². The number of benzene rings is 1. The third-order valence-corrected chi connectivity index (χ3v) is 3.41. The van der Waals surface area contributed by atoms with Gasteiger partial charge in [0.25, 0.3) is 0 Å². The van der Waals surface area contributed by atoms with Gasteiger partial charge in [0.15, 0.2) is 0 Å². The molecule has 24 heavy (non-hydrogen) atoms. The number of hydrogen-bond donors (Lipinski definition) is 0. The van der Waals surface area contributed by atoms with Crippen molar-refractivity contribution < 1.29 is 9.18 Å². The van der Waals surface area contributed by atoms with Crippen molar-refractivity contribution in [3.8, 4) is 0 Å². The molecule has 2 aromatic heterocycles. The summed E-state index contributed by atoms with van der Waals surface area (Å²) in [6.45, 7) is 4.43. The zero-order valence-corrected chi connectivity index (χ0v) is 14.2. The number of hydrogen-bond acceptors (Lipinski definition) is 3. The van der Waals surface area contributed by atoms with Gasteiger partial charge in [-0.25, -0.2) is 14.4 Å². The number of pyridine rings is 1. The van der Waals surface area contributed by atoms with Crippen LogP contribution < -0.4 is 0 Å². The van der Waals surface area contributed by atoms with E-state index in [1.165, 1.54) is 30.6 Å². The first-order valence-corrected chi connectivity index (χ1v) is 7.92. The van der Waals surface area contributed by atoms with Crippen LogP contribution in [0.15, 0.2) is 55.1 Å². The maximum Gasteiger partial charge on any atom is 0.211 e. The van der Waals surface area contributed by atoms with Crippen LogP contribution in [0.5, 0.6) is 0 Å². The van der Waals surface area contributed by atoms with Crippen molar-refractivity contribution in [1.82, 2.24) is 14.5 Å². The lowest BCUT2D eigenvalue weighted by atomic mass is 10.1. The average molecular weight is 346 g/mol. The van der Waals surface area contributed by atoms with Gasteiger partial charge in [0.05, 0.1) is 12.5 Å². The highest BCUT2D eigenvalue weighted by Crippen LogP contribution is 2.14. The van der Waals surface area contributed by atoms with E-state index < -0.39 is 0 Å². The van der Waals surface area contributed by atoms with Crippen LogP contribution in [0.4, 0.5) is 4.39 Å². The first-order valence-electron chi connectivity index (χ1n) is 7.54. The molecule has 0 aliphatic heterocycles. The molecular weight excluding hydrogens is 329 g/mol. The van der Waals surface area contributed by atoms with Gasteiger partial charge < -0.3 is 4.57 Å². The van der Waals surface area contributed by atoms with Gasteiger partial charge in [-0.3, -0.25) is 4.79 Å². The number of imidazole rings is 1. The Morgan fingerprint density at radius 1 is 1.21 bits per heavy atom. The molecule has 0 saturated carbocycles. The number of ketones is 1. The highest BCUT2D eigenvalue weighted by atomic mass is 35.5. The summed E-state index contributed by atoms with van der Waals surface area (Å²) in [7, 11) is 0. The second-order valence-electron chi connectivity index (χ2n) is 4.73. The topological polar surface area (TPSA) is 47.8 Å². The van der Waals surface area contributed by atoms with Crippen molar-refractivity contribution in [3.05, 3.63) is 82.9 Å². The van der Waals surface area contributed by atoms with Gasteiger partial charge in [-0.05, 0) is 29.8 Å². The lowest BCUT2D eigenvalue weighted by Gasteiger charge is -2.08. The Bertz CT molecular complexity index is 815. The fourth-order valence-corrected chi connectivity index (χ4v) is 2.29. The molecule has 0 aliphatic rings. The number of carbonyl (C=O) groups is 1. The molecule has 4 nitrogen and oxygen atoms in total. The predicted octanol–water partition coefficient (Wildman–Crippen LogP) is 4.38. The number of halogens is 2. The van der Waals surface area contributed by atoms with E-state index >= 15 is 0 Å². The molecule has 0 aliphatic carbocycles. The summed E-state index contributed by atoms with van der Waals surface area (Å²) in [5.74, 6) is -0.485. The molecule has 3 aromatic rings. The lowest BCUT2D eigenvalue weighted by Crippen LogP contribution is -2.10. The van der Waals surface area contributed by atoms with Gasteiger partial charge in [0, 0.05) is 18.3 Å². The molecule has 0 atom stereocenters. The fraction of sp³-hybridized carbons (Fsp3) is 0.167. The molecule has 0 N–H and O–H groups in total. The molecule has 0 radical (unpaired) electrons. The van der Waals surface area contributed by atoms with Crippen molar-refractivity contribution >= 4 is 17.4 Å². The minimum absolute atomic E-state index is 0.191. The van der Waals surface area contributed by atoms with Crippen LogP contribution in [0.3, 0.4) is 0 Å². The van der Waals surface area contributed by atoms with Gasteiger partial charge in [-0.15, -0.1) is 0 Å². The van der Waals surface area contributed by atoms with E-state index in [2.05, 4.69) is 9.97 Å². The Kier molecular flexibility index (Phi) is 6.21. The van der Waals surface area contributed by atoms with E-state index in [1.54, 1.807) is 29.1 Å². The second-order valence-corrected chi connectivity index (χ2v) is 5.12. The standard InChI is InChI=1S/C16H11ClFN3O.C2H6/c17-15-7-12(5-6-20-15)16(22)14-8-19-10-21(14)9-11-1-3-13(18)4-2-11;1-2/h1-8,10H,9H2;1-2H3. The normalized spacial score (nSPS) is 10.0. The highest BCUT2D eigenvalue weighted by Gasteiger charge is 2.15. The smallest absolute Gasteiger partial charge is 0.211 e. The van der Waals surface area contributed by atoms with Gasteiger partial charge in [0.2, 0.25) is 5.78 Å².